The third kappa shape index (κ3) is 3.55. The Labute approximate surface area is 105 Å². The van der Waals surface area contributed by atoms with E-state index in [1.807, 2.05) is 0 Å². The fraction of sp³-hybridized carbons (Fsp3) is 0.600. The largest absolute Gasteiger partial charge is 0.330 e. The number of nitrogens with zero attached hydrogens (tertiary/aromatic N) is 1. The molecule has 0 amide bonds. The van der Waals surface area contributed by atoms with Gasteiger partial charge in [-0.1, -0.05) is 37.3 Å². The third-order valence-corrected chi connectivity index (χ3v) is 3.94. The van der Waals surface area contributed by atoms with E-state index in [9.17, 15) is 0 Å². The fourth-order valence-corrected chi connectivity index (χ4v) is 2.68. The van der Waals surface area contributed by atoms with Crippen LogP contribution in [0.2, 0.25) is 0 Å². The van der Waals surface area contributed by atoms with E-state index in [-0.39, 0.29) is 0 Å². The molecule has 2 rings (SSSR count). The normalized spacial score (nSPS) is 20.4. The predicted octanol–water partition coefficient (Wildman–Crippen LogP) is 2.46. The lowest BCUT2D eigenvalue weighted by Crippen LogP contribution is -2.38. The van der Waals surface area contributed by atoms with Gasteiger partial charge in [0, 0.05) is 6.54 Å². The Morgan fingerprint density at radius 3 is 2.47 bits per heavy atom. The van der Waals surface area contributed by atoms with Crippen molar-refractivity contribution in [3.8, 4) is 0 Å². The van der Waals surface area contributed by atoms with E-state index >= 15 is 0 Å². The monoisotopic (exact) mass is 232 g/mol. The van der Waals surface area contributed by atoms with Gasteiger partial charge in [0.2, 0.25) is 0 Å². The lowest BCUT2D eigenvalue weighted by molar-refractivity contribution is 0.180. The molecular weight excluding hydrogens is 208 g/mol. The molecule has 0 unspecified atom stereocenters. The van der Waals surface area contributed by atoms with Crippen LogP contribution in [0.25, 0.3) is 0 Å². The first-order valence-corrected chi connectivity index (χ1v) is 6.77. The molecule has 1 aliphatic rings. The van der Waals surface area contributed by atoms with Crippen molar-refractivity contribution in [2.75, 3.05) is 26.2 Å². The Morgan fingerprint density at radius 1 is 1.24 bits per heavy atom. The van der Waals surface area contributed by atoms with Crippen molar-refractivity contribution in [3.63, 3.8) is 0 Å². The van der Waals surface area contributed by atoms with Crippen molar-refractivity contribution < 1.29 is 0 Å². The summed E-state index contributed by atoms with van der Waals surface area (Å²) in [6, 6.07) is 10.8. The van der Waals surface area contributed by atoms with Gasteiger partial charge in [-0.2, -0.15) is 0 Å². The molecular formula is C15H24N2. The van der Waals surface area contributed by atoms with E-state index in [0.717, 1.165) is 12.5 Å². The van der Waals surface area contributed by atoms with Crippen molar-refractivity contribution in [2.24, 2.45) is 11.7 Å². The average molecular weight is 232 g/mol. The Morgan fingerprint density at radius 2 is 1.88 bits per heavy atom. The molecule has 0 spiro atoms. The van der Waals surface area contributed by atoms with Crippen LogP contribution in [0.1, 0.15) is 31.2 Å². The number of likely N-dealkylation sites (tertiary alicyclic amines) is 1. The van der Waals surface area contributed by atoms with Crippen LogP contribution in [0.5, 0.6) is 0 Å². The summed E-state index contributed by atoms with van der Waals surface area (Å²) in [4.78, 5) is 2.59. The lowest BCUT2D eigenvalue weighted by Gasteiger charge is -2.33. The average Bonchev–Trinajstić information content (AvgIpc) is 2.40. The van der Waals surface area contributed by atoms with E-state index < -0.39 is 0 Å². The van der Waals surface area contributed by atoms with Gasteiger partial charge in [0.1, 0.15) is 0 Å². The van der Waals surface area contributed by atoms with Gasteiger partial charge in [0.05, 0.1) is 0 Å². The van der Waals surface area contributed by atoms with E-state index in [1.165, 1.54) is 38.0 Å². The van der Waals surface area contributed by atoms with Crippen molar-refractivity contribution in [1.82, 2.24) is 4.90 Å². The highest BCUT2D eigenvalue weighted by Gasteiger charge is 2.19. The number of hydrogen-bond donors (Lipinski definition) is 1. The summed E-state index contributed by atoms with van der Waals surface area (Å²) in [5.74, 6) is 1.39. The van der Waals surface area contributed by atoms with Crippen LogP contribution in [0.4, 0.5) is 0 Å². The zero-order chi connectivity index (χ0) is 12.1. The van der Waals surface area contributed by atoms with Gasteiger partial charge in [0.25, 0.3) is 0 Å². The zero-order valence-electron chi connectivity index (χ0n) is 10.8. The second-order valence-corrected chi connectivity index (χ2v) is 5.29. The molecule has 94 valence electrons. The summed E-state index contributed by atoms with van der Waals surface area (Å²) in [5, 5.41) is 0. The van der Waals surface area contributed by atoms with Crippen molar-refractivity contribution in [1.29, 1.82) is 0 Å². The summed E-state index contributed by atoms with van der Waals surface area (Å²) in [5.41, 5.74) is 7.17. The molecule has 1 aliphatic heterocycles. The molecule has 1 aromatic rings. The van der Waals surface area contributed by atoms with Crippen molar-refractivity contribution in [3.05, 3.63) is 35.9 Å². The molecule has 1 aromatic carbocycles. The maximum Gasteiger partial charge on any atom is 0.00476 e. The van der Waals surface area contributed by atoms with Crippen LogP contribution < -0.4 is 5.73 Å². The maximum atomic E-state index is 5.72. The maximum absolute atomic E-state index is 5.72. The predicted molar refractivity (Wildman–Crippen MR) is 73.1 cm³/mol. The van der Waals surface area contributed by atoms with E-state index in [1.54, 1.807) is 0 Å². The first-order chi connectivity index (χ1) is 8.29. The summed E-state index contributed by atoms with van der Waals surface area (Å²) in [6.45, 7) is 6.81. The SMILES string of the molecule is C[C@@H](CN1CCC(CN)CC1)c1ccccc1. The number of piperidine rings is 1. The smallest absolute Gasteiger partial charge is 0.00476 e. The molecule has 0 aliphatic carbocycles. The number of rotatable bonds is 4. The minimum absolute atomic E-state index is 0.630. The van der Waals surface area contributed by atoms with Crippen molar-refractivity contribution >= 4 is 0 Å². The quantitative estimate of drug-likeness (QED) is 0.864. The second kappa shape index (κ2) is 6.18. The summed E-state index contributed by atoms with van der Waals surface area (Å²) >= 11 is 0. The molecule has 1 fully saturated rings. The molecule has 1 atom stereocenters. The molecule has 0 aromatic heterocycles. The van der Waals surface area contributed by atoms with Gasteiger partial charge in [-0.3, -0.25) is 0 Å². The zero-order valence-corrected chi connectivity index (χ0v) is 10.8. The van der Waals surface area contributed by atoms with Gasteiger partial charge in [-0.15, -0.1) is 0 Å². The highest BCUT2D eigenvalue weighted by molar-refractivity contribution is 5.19. The Bertz CT molecular complexity index is 315. The third-order valence-electron chi connectivity index (χ3n) is 3.94. The minimum atomic E-state index is 0.630. The van der Waals surface area contributed by atoms with Gasteiger partial charge in [-0.05, 0) is 49.9 Å². The molecule has 0 radical (unpaired) electrons. The fourth-order valence-electron chi connectivity index (χ4n) is 2.68. The standard InChI is InChI=1S/C15H24N2/c1-13(15-5-3-2-4-6-15)12-17-9-7-14(11-16)8-10-17/h2-6,13-14H,7-12,16H2,1H3/t13-/m0/s1. The number of benzene rings is 1. The summed E-state index contributed by atoms with van der Waals surface area (Å²) < 4.78 is 0. The van der Waals surface area contributed by atoms with Crippen LogP contribution in [-0.2, 0) is 0 Å². The van der Waals surface area contributed by atoms with Crippen LogP contribution in [-0.4, -0.2) is 31.1 Å². The van der Waals surface area contributed by atoms with Gasteiger partial charge < -0.3 is 10.6 Å². The minimum Gasteiger partial charge on any atom is -0.330 e. The Balaban J connectivity index is 1.82. The molecule has 1 saturated heterocycles. The number of nitrogens with two attached hydrogens (primary N) is 1. The van der Waals surface area contributed by atoms with Crippen LogP contribution in [0, 0.1) is 5.92 Å². The highest BCUT2D eigenvalue weighted by Crippen LogP contribution is 2.21. The van der Waals surface area contributed by atoms with Crippen LogP contribution in [0.3, 0.4) is 0 Å². The Kier molecular flexibility index (Phi) is 4.57. The summed E-state index contributed by atoms with van der Waals surface area (Å²) in [7, 11) is 0. The van der Waals surface area contributed by atoms with Crippen LogP contribution >= 0.6 is 0 Å². The molecule has 1 heterocycles. The molecule has 0 saturated carbocycles. The summed E-state index contributed by atoms with van der Waals surface area (Å²) in [6.07, 6.45) is 2.55. The second-order valence-electron chi connectivity index (χ2n) is 5.29. The van der Waals surface area contributed by atoms with Gasteiger partial charge in [-0.25, -0.2) is 0 Å². The van der Waals surface area contributed by atoms with Gasteiger partial charge in [0.15, 0.2) is 0 Å². The van der Waals surface area contributed by atoms with Crippen LogP contribution in [0.15, 0.2) is 30.3 Å². The first kappa shape index (κ1) is 12.6. The van der Waals surface area contributed by atoms with Crippen molar-refractivity contribution in [2.45, 2.75) is 25.7 Å². The molecule has 2 N–H and O–H groups in total. The van der Waals surface area contributed by atoms with Gasteiger partial charge >= 0.3 is 0 Å². The highest BCUT2D eigenvalue weighted by atomic mass is 15.1. The lowest BCUT2D eigenvalue weighted by atomic mass is 9.95. The molecule has 2 heteroatoms. The molecule has 2 nitrogen and oxygen atoms in total. The topological polar surface area (TPSA) is 29.3 Å². The first-order valence-electron chi connectivity index (χ1n) is 6.77. The Hall–Kier alpha value is -0.860. The molecule has 17 heavy (non-hydrogen) atoms. The van der Waals surface area contributed by atoms with E-state index in [2.05, 4.69) is 42.2 Å². The van der Waals surface area contributed by atoms with E-state index in [0.29, 0.717) is 5.92 Å². The molecule has 0 bridgehead atoms. The van der Waals surface area contributed by atoms with E-state index in [4.69, 9.17) is 5.73 Å². The number of hydrogen-bond acceptors (Lipinski definition) is 2.